The Morgan fingerprint density at radius 1 is 1.17 bits per heavy atom. The lowest BCUT2D eigenvalue weighted by molar-refractivity contribution is 0.409. The second-order valence-electron chi connectivity index (χ2n) is 6.65. The molecule has 3 nitrogen and oxygen atoms in total. The van der Waals surface area contributed by atoms with E-state index in [9.17, 15) is 0 Å². The first kappa shape index (κ1) is 16.6. The molecule has 3 rings (SSSR count). The average molecular weight is 322 g/mol. The molecular weight excluding hydrogens is 296 g/mol. The molecule has 1 heterocycles. The number of rotatable bonds is 5. The van der Waals surface area contributed by atoms with Gasteiger partial charge in [-0.3, -0.25) is 4.99 Å². The van der Waals surface area contributed by atoms with Gasteiger partial charge < -0.3 is 10.1 Å². The molecule has 126 valence electrons. The summed E-state index contributed by atoms with van der Waals surface area (Å²) in [6, 6.07) is 13.3. The van der Waals surface area contributed by atoms with E-state index in [0.717, 1.165) is 31.0 Å². The van der Waals surface area contributed by atoms with E-state index in [1.165, 1.54) is 27.8 Å². The predicted octanol–water partition coefficient (Wildman–Crippen LogP) is 3.84. The summed E-state index contributed by atoms with van der Waals surface area (Å²) < 4.78 is 5.53. The first-order valence-electron chi connectivity index (χ1n) is 8.62. The molecule has 3 heteroatoms. The van der Waals surface area contributed by atoms with Crippen LogP contribution in [0.4, 0.5) is 0 Å². The third kappa shape index (κ3) is 3.45. The molecule has 0 aliphatic carbocycles. The Bertz CT molecular complexity index is 764. The van der Waals surface area contributed by atoms with Crippen molar-refractivity contribution in [1.82, 2.24) is 5.32 Å². The number of nitrogens with one attached hydrogen (secondary N) is 1. The number of hydrogen-bond acceptors (Lipinski definition) is 3. The van der Waals surface area contributed by atoms with Gasteiger partial charge in [-0.1, -0.05) is 35.9 Å². The van der Waals surface area contributed by atoms with Crippen molar-refractivity contribution in [3.05, 3.63) is 64.2 Å². The Labute approximate surface area is 144 Å². The zero-order valence-electron chi connectivity index (χ0n) is 15.0. The fourth-order valence-corrected chi connectivity index (χ4v) is 3.33. The van der Waals surface area contributed by atoms with E-state index in [4.69, 9.17) is 4.74 Å². The highest BCUT2D eigenvalue weighted by Gasteiger charge is 2.18. The van der Waals surface area contributed by atoms with Crippen LogP contribution >= 0.6 is 0 Å². The van der Waals surface area contributed by atoms with E-state index in [1.807, 2.05) is 0 Å². The Hall–Kier alpha value is -2.29. The van der Waals surface area contributed by atoms with Crippen LogP contribution in [-0.4, -0.2) is 25.5 Å². The zero-order valence-corrected chi connectivity index (χ0v) is 15.0. The van der Waals surface area contributed by atoms with Crippen molar-refractivity contribution in [2.24, 2.45) is 4.99 Å². The Balaban J connectivity index is 1.87. The maximum Gasteiger partial charge on any atom is 0.128 e. The summed E-state index contributed by atoms with van der Waals surface area (Å²) in [4.78, 5) is 4.67. The molecule has 0 amide bonds. The fourth-order valence-electron chi connectivity index (χ4n) is 3.33. The average Bonchev–Trinajstić information content (AvgIpc) is 3.00. The largest absolute Gasteiger partial charge is 0.496 e. The van der Waals surface area contributed by atoms with Gasteiger partial charge in [-0.15, -0.1) is 0 Å². The quantitative estimate of drug-likeness (QED) is 0.907. The Kier molecular flexibility index (Phi) is 4.89. The molecule has 0 radical (unpaired) electrons. The summed E-state index contributed by atoms with van der Waals surface area (Å²) in [6.07, 6.45) is 1.95. The summed E-state index contributed by atoms with van der Waals surface area (Å²) in [5, 5.41) is 3.49. The van der Waals surface area contributed by atoms with Gasteiger partial charge in [0.1, 0.15) is 11.6 Å². The minimum atomic E-state index is 0.422. The molecule has 0 bridgehead atoms. The SMILES string of the molecule is COc1ccc(C)cc1CCc1c(C)cccc1C1=NCC(C)N1. The number of hydrogen-bond donors (Lipinski definition) is 1. The number of amidine groups is 1. The topological polar surface area (TPSA) is 33.6 Å². The van der Waals surface area contributed by atoms with Crippen LogP contribution in [0.15, 0.2) is 41.4 Å². The predicted molar refractivity (Wildman–Crippen MR) is 100 cm³/mol. The van der Waals surface area contributed by atoms with Crippen molar-refractivity contribution < 1.29 is 4.74 Å². The fraction of sp³-hybridized carbons (Fsp3) is 0.381. The monoisotopic (exact) mass is 322 g/mol. The molecule has 0 saturated carbocycles. The lowest BCUT2D eigenvalue weighted by atomic mass is 9.94. The van der Waals surface area contributed by atoms with Crippen LogP contribution in [0.3, 0.4) is 0 Å². The number of nitrogens with zero attached hydrogens (tertiary/aromatic N) is 1. The summed E-state index contributed by atoms with van der Waals surface area (Å²) in [7, 11) is 1.74. The third-order valence-electron chi connectivity index (χ3n) is 4.65. The van der Waals surface area contributed by atoms with Crippen LogP contribution in [0.5, 0.6) is 5.75 Å². The second-order valence-corrected chi connectivity index (χ2v) is 6.65. The highest BCUT2D eigenvalue weighted by molar-refractivity contribution is 6.01. The smallest absolute Gasteiger partial charge is 0.128 e. The van der Waals surface area contributed by atoms with Crippen molar-refractivity contribution >= 4 is 5.84 Å². The summed E-state index contributed by atoms with van der Waals surface area (Å²) >= 11 is 0. The van der Waals surface area contributed by atoms with Gasteiger partial charge in [-0.25, -0.2) is 0 Å². The molecule has 24 heavy (non-hydrogen) atoms. The normalized spacial score (nSPS) is 16.7. The summed E-state index contributed by atoms with van der Waals surface area (Å²) in [6.45, 7) is 7.34. The van der Waals surface area contributed by atoms with Gasteiger partial charge in [0.15, 0.2) is 0 Å². The summed E-state index contributed by atoms with van der Waals surface area (Å²) in [5.74, 6) is 2.01. The molecule has 0 aromatic heterocycles. The van der Waals surface area contributed by atoms with E-state index in [0.29, 0.717) is 6.04 Å². The highest BCUT2D eigenvalue weighted by Crippen LogP contribution is 2.24. The van der Waals surface area contributed by atoms with Crippen molar-refractivity contribution in [2.75, 3.05) is 13.7 Å². The van der Waals surface area contributed by atoms with Crippen LogP contribution in [0, 0.1) is 13.8 Å². The van der Waals surface area contributed by atoms with Crippen LogP contribution in [-0.2, 0) is 12.8 Å². The molecule has 1 aliphatic rings. The first-order valence-corrected chi connectivity index (χ1v) is 8.62. The second kappa shape index (κ2) is 7.08. The number of benzene rings is 2. The molecule has 2 aromatic carbocycles. The van der Waals surface area contributed by atoms with Gasteiger partial charge in [0, 0.05) is 11.6 Å². The molecule has 0 spiro atoms. The van der Waals surface area contributed by atoms with Crippen molar-refractivity contribution in [3.63, 3.8) is 0 Å². The highest BCUT2D eigenvalue weighted by atomic mass is 16.5. The molecule has 2 aromatic rings. The van der Waals surface area contributed by atoms with Crippen LogP contribution in [0.25, 0.3) is 0 Å². The van der Waals surface area contributed by atoms with Gasteiger partial charge in [0.2, 0.25) is 0 Å². The lowest BCUT2D eigenvalue weighted by Crippen LogP contribution is -2.28. The van der Waals surface area contributed by atoms with Gasteiger partial charge in [-0.05, 0) is 56.4 Å². The van der Waals surface area contributed by atoms with Crippen LogP contribution in [0.2, 0.25) is 0 Å². The van der Waals surface area contributed by atoms with Crippen molar-refractivity contribution in [1.29, 1.82) is 0 Å². The number of aliphatic imine (C=N–C) groups is 1. The molecule has 1 unspecified atom stereocenters. The number of aryl methyl sites for hydroxylation is 3. The molecule has 0 fully saturated rings. The van der Waals surface area contributed by atoms with Crippen molar-refractivity contribution in [3.8, 4) is 5.75 Å². The van der Waals surface area contributed by atoms with Crippen molar-refractivity contribution in [2.45, 2.75) is 39.7 Å². The molecular formula is C21H26N2O. The minimum absolute atomic E-state index is 0.422. The maximum absolute atomic E-state index is 5.53. The van der Waals surface area contributed by atoms with E-state index >= 15 is 0 Å². The number of methoxy groups -OCH3 is 1. The Morgan fingerprint density at radius 3 is 2.71 bits per heavy atom. The van der Waals surface area contributed by atoms with Crippen LogP contribution in [0.1, 0.15) is 34.7 Å². The first-order chi connectivity index (χ1) is 11.6. The molecule has 1 atom stereocenters. The van der Waals surface area contributed by atoms with Crippen LogP contribution < -0.4 is 10.1 Å². The molecule has 1 aliphatic heterocycles. The standard InChI is InChI=1S/C21H26N2O/c1-14-8-11-20(24-4)17(12-14)9-10-18-15(2)6-5-7-19(18)21-22-13-16(3)23-21/h5-8,11-12,16H,9-10,13H2,1-4H3,(H,22,23). The Morgan fingerprint density at radius 2 is 2.00 bits per heavy atom. The van der Waals surface area contributed by atoms with Gasteiger partial charge in [0.25, 0.3) is 0 Å². The zero-order chi connectivity index (χ0) is 17.1. The van der Waals surface area contributed by atoms with E-state index in [1.54, 1.807) is 7.11 Å². The van der Waals surface area contributed by atoms with E-state index in [-0.39, 0.29) is 0 Å². The number of ether oxygens (including phenoxy) is 1. The lowest BCUT2D eigenvalue weighted by Gasteiger charge is -2.15. The maximum atomic E-state index is 5.53. The van der Waals surface area contributed by atoms with Gasteiger partial charge in [0.05, 0.1) is 13.7 Å². The summed E-state index contributed by atoms with van der Waals surface area (Å²) in [5.41, 5.74) is 6.48. The van der Waals surface area contributed by atoms with E-state index in [2.05, 4.69) is 67.5 Å². The van der Waals surface area contributed by atoms with Gasteiger partial charge in [-0.2, -0.15) is 0 Å². The third-order valence-corrected chi connectivity index (χ3v) is 4.65. The minimum Gasteiger partial charge on any atom is -0.496 e. The van der Waals surface area contributed by atoms with E-state index < -0.39 is 0 Å². The molecule has 0 saturated heterocycles. The molecule has 1 N–H and O–H groups in total. The van der Waals surface area contributed by atoms with Gasteiger partial charge >= 0.3 is 0 Å².